The number of rotatable bonds is 3. The third-order valence-electron chi connectivity index (χ3n) is 3.62. The number of allylic oxidation sites excluding steroid dienone is 1. The SMILES string of the molecule is COc1cc(/C=C2/Sc3ccccc3C2=O)ccc1OC(=O)N(C)C. The highest BCUT2D eigenvalue weighted by Gasteiger charge is 2.25. The molecule has 0 bridgehead atoms. The van der Waals surface area contributed by atoms with Crippen LogP contribution < -0.4 is 9.47 Å². The van der Waals surface area contributed by atoms with Gasteiger partial charge in [-0.3, -0.25) is 4.79 Å². The van der Waals surface area contributed by atoms with Gasteiger partial charge in [0.25, 0.3) is 0 Å². The van der Waals surface area contributed by atoms with Crippen LogP contribution in [0.15, 0.2) is 52.3 Å². The van der Waals surface area contributed by atoms with Crippen LogP contribution in [0, 0.1) is 0 Å². The van der Waals surface area contributed by atoms with Crippen LogP contribution in [0.2, 0.25) is 0 Å². The van der Waals surface area contributed by atoms with Gasteiger partial charge in [-0.2, -0.15) is 0 Å². The van der Waals surface area contributed by atoms with Gasteiger partial charge in [0.1, 0.15) is 0 Å². The van der Waals surface area contributed by atoms with E-state index < -0.39 is 6.09 Å². The lowest BCUT2D eigenvalue weighted by atomic mass is 10.1. The first kappa shape index (κ1) is 17.1. The van der Waals surface area contributed by atoms with Crippen LogP contribution in [0.5, 0.6) is 11.5 Å². The topological polar surface area (TPSA) is 55.8 Å². The normalized spacial score (nSPS) is 14.4. The van der Waals surface area contributed by atoms with Gasteiger partial charge in [-0.05, 0) is 35.9 Å². The molecule has 0 aliphatic carbocycles. The van der Waals surface area contributed by atoms with Gasteiger partial charge >= 0.3 is 6.09 Å². The number of thioether (sulfide) groups is 1. The van der Waals surface area contributed by atoms with Crippen LogP contribution in [0.4, 0.5) is 4.79 Å². The fraction of sp³-hybridized carbons (Fsp3) is 0.158. The van der Waals surface area contributed by atoms with E-state index in [1.54, 1.807) is 32.3 Å². The molecule has 1 heterocycles. The average molecular weight is 355 g/mol. The lowest BCUT2D eigenvalue weighted by molar-refractivity contribution is 0.104. The summed E-state index contributed by atoms with van der Waals surface area (Å²) in [4.78, 5) is 27.1. The summed E-state index contributed by atoms with van der Waals surface area (Å²) < 4.78 is 10.6. The van der Waals surface area contributed by atoms with Gasteiger partial charge in [-0.25, -0.2) is 4.79 Å². The lowest BCUT2D eigenvalue weighted by Gasteiger charge is -2.13. The zero-order chi connectivity index (χ0) is 18.0. The molecule has 3 rings (SSSR count). The highest BCUT2D eigenvalue weighted by atomic mass is 32.2. The number of amides is 1. The van der Waals surface area contributed by atoms with Gasteiger partial charge in [0.15, 0.2) is 11.5 Å². The Hall–Kier alpha value is -2.73. The summed E-state index contributed by atoms with van der Waals surface area (Å²) >= 11 is 1.45. The monoisotopic (exact) mass is 355 g/mol. The molecule has 128 valence electrons. The summed E-state index contributed by atoms with van der Waals surface area (Å²) in [7, 11) is 4.72. The lowest BCUT2D eigenvalue weighted by Crippen LogP contribution is -2.25. The smallest absolute Gasteiger partial charge is 0.414 e. The minimum Gasteiger partial charge on any atom is -0.493 e. The maximum absolute atomic E-state index is 12.4. The van der Waals surface area contributed by atoms with Crippen LogP contribution >= 0.6 is 11.8 Å². The molecule has 2 aromatic carbocycles. The molecule has 1 amide bonds. The quantitative estimate of drug-likeness (QED) is 0.777. The number of fused-ring (bicyclic) bond motifs is 1. The Morgan fingerprint density at radius 3 is 2.56 bits per heavy atom. The Kier molecular flexibility index (Phi) is 4.81. The third-order valence-corrected chi connectivity index (χ3v) is 4.72. The van der Waals surface area contributed by atoms with Crippen molar-refractivity contribution in [2.45, 2.75) is 4.90 Å². The molecule has 0 spiro atoms. The van der Waals surface area contributed by atoms with Crippen molar-refractivity contribution in [1.29, 1.82) is 0 Å². The molecule has 1 aliphatic rings. The van der Waals surface area contributed by atoms with Crippen molar-refractivity contribution in [3.05, 3.63) is 58.5 Å². The van der Waals surface area contributed by atoms with E-state index >= 15 is 0 Å². The van der Waals surface area contributed by atoms with Crippen molar-refractivity contribution < 1.29 is 19.1 Å². The van der Waals surface area contributed by atoms with E-state index in [0.717, 1.165) is 16.0 Å². The molecule has 5 nitrogen and oxygen atoms in total. The highest BCUT2D eigenvalue weighted by molar-refractivity contribution is 8.04. The molecular formula is C19H17NO4S. The second-order valence-electron chi connectivity index (χ2n) is 5.61. The average Bonchev–Trinajstić information content (AvgIpc) is 2.92. The molecule has 0 unspecified atom stereocenters. The van der Waals surface area contributed by atoms with Crippen molar-refractivity contribution >= 4 is 29.7 Å². The van der Waals surface area contributed by atoms with Crippen molar-refractivity contribution in [2.24, 2.45) is 0 Å². The molecule has 0 saturated heterocycles. The molecule has 0 atom stereocenters. The molecule has 25 heavy (non-hydrogen) atoms. The first-order chi connectivity index (χ1) is 12.0. The predicted octanol–water partition coefficient (Wildman–Crippen LogP) is 4.09. The number of Topliss-reactive ketones (excluding diaryl/α,β-unsaturated/α-hetero) is 1. The van der Waals surface area contributed by atoms with E-state index in [4.69, 9.17) is 9.47 Å². The van der Waals surface area contributed by atoms with Crippen molar-refractivity contribution in [2.75, 3.05) is 21.2 Å². The number of ketones is 1. The summed E-state index contributed by atoms with van der Waals surface area (Å²) in [5.74, 6) is 0.775. The van der Waals surface area contributed by atoms with Crippen molar-refractivity contribution in [1.82, 2.24) is 4.90 Å². The van der Waals surface area contributed by atoms with Crippen LogP contribution in [0.3, 0.4) is 0 Å². The molecule has 1 aliphatic heterocycles. The Labute approximate surface area is 150 Å². The van der Waals surface area contributed by atoms with Gasteiger partial charge in [-0.1, -0.05) is 30.0 Å². The third kappa shape index (κ3) is 3.53. The van der Waals surface area contributed by atoms with Crippen LogP contribution in [-0.4, -0.2) is 38.0 Å². The number of ether oxygens (including phenoxy) is 2. The highest BCUT2D eigenvalue weighted by Crippen LogP contribution is 2.41. The molecular weight excluding hydrogens is 338 g/mol. The molecule has 2 aromatic rings. The molecule has 0 saturated carbocycles. The van der Waals surface area contributed by atoms with E-state index in [9.17, 15) is 9.59 Å². The van der Waals surface area contributed by atoms with Gasteiger partial charge in [0.05, 0.1) is 12.0 Å². The number of carbonyl (C=O) groups excluding carboxylic acids is 2. The number of carbonyl (C=O) groups is 2. The van der Waals surface area contributed by atoms with Crippen LogP contribution in [0.1, 0.15) is 15.9 Å². The molecule has 0 radical (unpaired) electrons. The Balaban J connectivity index is 1.87. The summed E-state index contributed by atoms with van der Waals surface area (Å²) in [6.07, 6.45) is 1.33. The fourth-order valence-electron chi connectivity index (χ4n) is 2.33. The van der Waals surface area contributed by atoms with Gasteiger partial charge < -0.3 is 14.4 Å². The molecule has 0 fully saturated rings. The zero-order valence-electron chi connectivity index (χ0n) is 14.1. The van der Waals surface area contributed by atoms with Gasteiger partial charge in [0.2, 0.25) is 5.78 Å². The summed E-state index contributed by atoms with van der Waals surface area (Å²) in [6, 6.07) is 12.7. The summed E-state index contributed by atoms with van der Waals surface area (Å²) in [6.45, 7) is 0. The molecule has 0 aromatic heterocycles. The van der Waals surface area contributed by atoms with E-state index in [1.807, 2.05) is 30.3 Å². The maximum Gasteiger partial charge on any atom is 0.414 e. The van der Waals surface area contributed by atoms with E-state index in [2.05, 4.69) is 0 Å². The number of nitrogens with zero attached hydrogens (tertiary/aromatic N) is 1. The summed E-state index contributed by atoms with van der Waals surface area (Å²) in [5, 5.41) is 0. The number of methoxy groups -OCH3 is 1. The van der Waals surface area contributed by atoms with E-state index in [0.29, 0.717) is 16.4 Å². The standard InChI is InChI=1S/C19H17NO4S/c1-20(2)19(22)24-14-9-8-12(10-15(14)23-3)11-17-18(21)13-6-4-5-7-16(13)25-17/h4-11H,1-3H3/b17-11+. The van der Waals surface area contributed by atoms with Crippen molar-refractivity contribution in [3.8, 4) is 11.5 Å². The Morgan fingerprint density at radius 2 is 1.88 bits per heavy atom. The van der Waals surface area contributed by atoms with E-state index in [1.165, 1.54) is 23.8 Å². The summed E-state index contributed by atoms with van der Waals surface area (Å²) in [5.41, 5.74) is 1.52. The minimum atomic E-state index is -0.485. The number of hydrogen-bond acceptors (Lipinski definition) is 5. The first-order valence-corrected chi connectivity index (χ1v) is 8.41. The Morgan fingerprint density at radius 1 is 1.12 bits per heavy atom. The molecule has 6 heteroatoms. The zero-order valence-corrected chi connectivity index (χ0v) is 14.9. The number of benzene rings is 2. The minimum absolute atomic E-state index is 0.0164. The van der Waals surface area contributed by atoms with E-state index in [-0.39, 0.29) is 5.78 Å². The van der Waals surface area contributed by atoms with Gasteiger partial charge in [-0.15, -0.1) is 0 Å². The van der Waals surface area contributed by atoms with Crippen LogP contribution in [0.25, 0.3) is 6.08 Å². The Bertz CT molecular complexity index is 873. The van der Waals surface area contributed by atoms with Crippen molar-refractivity contribution in [3.63, 3.8) is 0 Å². The van der Waals surface area contributed by atoms with Crippen LogP contribution in [-0.2, 0) is 0 Å². The fourth-order valence-corrected chi connectivity index (χ4v) is 3.38. The molecule has 0 N–H and O–H groups in total. The van der Waals surface area contributed by atoms with Gasteiger partial charge in [0, 0.05) is 24.6 Å². The predicted molar refractivity (Wildman–Crippen MR) is 97.3 cm³/mol. The largest absolute Gasteiger partial charge is 0.493 e. The second kappa shape index (κ2) is 7.03. The first-order valence-electron chi connectivity index (χ1n) is 7.60. The number of hydrogen-bond donors (Lipinski definition) is 0. The second-order valence-corrected chi connectivity index (χ2v) is 6.69. The maximum atomic E-state index is 12.4.